The highest BCUT2D eigenvalue weighted by molar-refractivity contribution is 5.95. The van der Waals surface area contributed by atoms with Crippen LogP contribution in [0.1, 0.15) is 48.5 Å². The third-order valence-corrected chi connectivity index (χ3v) is 6.70. The van der Waals surface area contributed by atoms with Crippen LogP contribution in [0.15, 0.2) is 78.9 Å². The summed E-state index contributed by atoms with van der Waals surface area (Å²) in [6, 6.07) is 24.9. The van der Waals surface area contributed by atoms with Gasteiger partial charge in [-0.15, -0.1) is 0 Å². The van der Waals surface area contributed by atoms with Crippen molar-refractivity contribution in [3.8, 4) is 16.9 Å². The van der Waals surface area contributed by atoms with E-state index in [9.17, 15) is 14.4 Å². The first-order valence-corrected chi connectivity index (χ1v) is 13.6. The van der Waals surface area contributed by atoms with Gasteiger partial charge in [0.25, 0.3) is 5.91 Å². The van der Waals surface area contributed by atoms with Gasteiger partial charge in [0.1, 0.15) is 5.75 Å². The molecule has 3 aromatic carbocycles. The van der Waals surface area contributed by atoms with Crippen LogP contribution in [0.4, 0.5) is 0 Å². The highest BCUT2D eigenvalue weighted by Crippen LogP contribution is 2.24. The Balaban J connectivity index is 1.55. The quantitative estimate of drug-likeness (QED) is 0.154. The monoisotopic (exact) mass is 529 g/mol. The third kappa shape index (κ3) is 9.60. The minimum absolute atomic E-state index is 0.0104. The number of carbonyl (C=O) groups is 3. The third-order valence-electron chi connectivity index (χ3n) is 6.70. The molecule has 7 nitrogen and oxygen atoms in total. The molecular formula is C32H39N3O4. The number of carbonyl (C=O) groups excluding carboxylic acids is 3. The molecule has 0 fully saturated rings. The van der Waals surface area contributed by atoms with Gasteiger partial charge in [-0.05, 0) is 53.8 Å². The number of nitrogens with one attached hydrogen (secondary N) is 2. The van der Waals surface area contributed by atoms with Crippen LogP contribution in [-0.4, -0.2) is 50.0 Å². The van der Waals surface area contributed by atoms with Crippen molar-refractivity contribution in [1.29, 1.82) is 0 Å². The van der Waals surface area contributed by atoms with Gasteiger partial charge in [0, 0.05) is 18.7 Å². The highest BCUT2D eigenvalue weighted by Gasteiger charge is 2.21. The molecule has 0 radical (unpaired) electrons. The number of rotatable bonds is 16. The molecule has 3 rings (SSSR count). The molecule has 0 bridgehead atoms. The molecule has 7 heteroatoms. The first kappa shape index (κ1) is 29.4. The fourth-order valence-electron chi connectivity index (χ4n) is 4.43. The molecule has 0 aliphatic rings. The average molecular weight is 530 g/mol. The van der Waals surface area contributed by atoms with E-state index in [-0.39, 0.29) is 24.4 Å². The Bertz CT molecular complexity index is 1200. The molecule has 0 aromatic heterocycles. The fraction of sp³-hybridized carbons (Fsp3) is 0.344. The van der Waals surface area contributed by atoms with E-state index in [2.05, 4.69) is 17.6 Å². The summed E-state index contributed by atoms with van der Waals surface area (Å²) >= 11 is 0. The number of benzene rings is 3. The van der Waals surface area contributed by atoms with Gasteiger partial charge in [0.15, 0.2) is 0 Å². The van der Waals surface area contributed by atoms with Crippen molar-refractivity contribution in [3.05, 3.63) is 90.0 Å². The molecule has 0 aliphatic carbocycles. The summed E-state index contributed by atoms with van der Waals surface area (Å²) in [7, 11) is 1.62. The maximum absolute atomic E-state index is 13.1. The van der Waals surface area contributed by atoms with Crippen molar-refractivity contribution in [2.24, 2.45) is 5.92 Å². The van der Waals surface area contributed by atoms with Gasteiger partial charge in [-0.3, -0.25) is 14.4 Å². The maximum atomic E-state index is 13.1. The number of amides is 3. The number of ether oxygens (including phenoxy) is 1. The summed E-state index contributed by atoms with van der Waals surface area (Å²) in [5.74, 6) is -0.0411. The van der Waals surface area contributed by atoms with Crippen molar-refractivity contribution in [3.63, 3.8) is 0 Å². The molecule has 0 spiro atoms. The predicted molar refractivity (Wildman–Crippen MR) is 154 cm³/mol. The zero-order valence-corrected chi connectivity index (χ0v) is 22.9. The molecular weight excluding hydrogens is 490 g/mol. The van der Waals surface area contributed by atoms with Gasteiger partial charge in [-0.25, -0.2) is 0 Å². The summed E-state index contributed by atoms with van der Waals surface area (Å²) < 4.78 is 5.30. The van der Waals surface area contributed by atoms with Crippen LogP contribution in [0, 0.1) is 5.92 Å². The van der Waals surface area contributed by atoms with Gasteiger partial charge in [-0.1, -0.05) is 80.8 Å². The van der Waals surface area contributed by atoms with Crippen LogP contribution >= 0.6 is 0 Å². The summed E-state index contributed by atoms with van der Waals surface area (Å²) in [6.45, 7) is 3.02. The van der Waals surface area contributed by atoms with Crippen molar-refractivity contribution in [1.82, 2.24) is 15.5 Å². The van der Waals surface area contributed by atoms with E-state index >= 15 is 0 Å². The lowest BCUT2D eigenvalue weighted by molar-refractivity contribution is -0.127. The lowest BCUT2D eigenvalue weighted by Gasteiger charge is -2.24. The largest absolute Gasteiger partial charge is 0.497 e. The first-order chi connectivity index (χ1) is 19.0. The lowest BCUT2D eigenvalue weighted by Crippen LogP contribution is -2.43. The predicted octanol–water partition coefficient (Wildman–Crippen LogP) is 5.06. The molecule has 2 N–H and O–H groups in total. The van der Waals surface area contributed by atoms with Crippen molar-refractivity contribution < 1.29 is 19.1 Å². The molecule has 0 saturated carbocycles. The van der Waals surface area contributed by atoms with Crippen LogP contribution in [0.2, 0.25) is 0 Å². The topological polar surface area (TPSA) is 87.7 Å². The van der Waals surface area contributed by atoms with Crippen LogP contribution in [0.25, 0.3) is 11.1 Å². The molecule has 0 aliphatic heterocycles. The molecule has 0 saturated heterocycles. The summed E-state index contributed by atoms with van der Waals surface area (Å²) in [5, 5.41) is 5.63. The van der Waals surface area contributed by atoms with E-state index in [0.717, 1.165) is 54.5 Å². The molecule has 0 heterocycles. The standard InChI is InChI=1S/C32H39N3O4/c1-3-4-6-13-29(22-35(24-36)19-18-25-11-7-5-8-12-25)32(38)34-23-33-31(37)28-16-9-14-26(20-28)27-15-10-17-30(21-27)39-2/h5,7-12,14-17,20-21,24,29H,3-4,6,13,18-19,22-23H2,1-2H3,(H,33,37)(H,34,38)/t29-/m1/s1. The van der Waals surface area contributed by atoms with Crippen molar-refractivity contribution in [2.45, 2.75) is 39.0 Å². The number of hydrogen-bond donors (Lipinski definition) is 2. The van der Waals surface area contributed by atoms with Crippen LogP contribution in [0.5, 0.6) is 5.75 Å². The molecule has 39 heavy (non-hydrogen) atoms. The van der Waals surface area contributed by atoms with E-state index in [1.165, 1.54) is 0 Å². The van der Waals surface area contributed by atoms with Crippen LogP contribution in [-0.2, 0) is 16.0 Å². The van der Waals surface area contributed by atoms with E-state index < -0.39 is 0 Å². The second kappa shape index (κ2) is 16.0. The minimum Gasteiger partial charge on any atom is -0.497 e. The SMILES string of the molecule is CCCCC[C@H](CN(C=O)CCc1ccccc1)C(=O)NCNC(=O)c1cccc(-c2cccc(OC)c2)c1. The van der Waals surface area contributed by atoms with Gasteiger partial charge in [0.2, 0.25) is 12.3 Å². The van der Waals surface area contributed by atoms with Gasteiger partial charge >= 0.3 is 0 Å². The zero-order chi connectivity index (χ0) is 27.9. The highest BCUT2D eigenvalue weighted by atomic mass is 16.5. The van der Waals surface area contributed by atoms with Crippen molar-refractivity contribution in [2.75, 3.05) is 26.9 Å². The smallest absolute Gasteiger partial charge is 0.252 e. The maximum Gasteiger partial charge on any atom is 0.252 e. The van der Waals surface area contributed by atoms with E-state index in [0.29, 0.717) is 25.1 Å². The Labute approximate surface area is 231 Å². The van der Waals surface area contributed by atoms with Crippen LogP contribution in [0.3, 0.4) is 0 Å². The number of hydrogen-bond acceptors (Lipinski definition) is 4. The van der Waals surface area contributed by atoms with Crippen LogP contribution < -0.4 is 15.4 Å². The van der Waals surface area contributed by atoms with Gasteiger partial charge in [0.05, 0.1) is 19.7 Å². The van der Waals surface area contributed by atoms with E-state index in [4.69, 9.17) is 4.74 Å². The number of methoxy groups -OCH3 is 1. The fourth-order valence-corrected chi connectivity index (χ4v) is 4.43. The second-order valence-electron chi connectivity index (χ2n) is 9.57. The lowest BCUT2D eigenvalue weighted by atomic mass is 9.99. The Kier molecular flexibility index (Phi) is 12.0. The minimum atomic E-state index is -0.342. The summed E-state index contributed by atoms with van der Waals surface area (Å²) in [4.78, 5) is 39.3. The summed E-state index contributed by atoms with van der Waals surface area (Å²) in [5.41, 5.74) is 3.48. The number of nitrogens with zero attached hydrogens (tertiary/aromatic N) is 1. The van der Waals surface area contributed by atoms with Gasteiger partial charge < -0.3 is 20.3 Å². The van der Waals surface area contributed by atoms with E-state index in [1.807, 2.05) is 72.8 Å². The Hall–Kier alpha value is -4.13. The zero-order valence-electron chi connectivity index (χ0n) is 22.9. The molecule has 1 atom stereocenters. The number of unbranched alkanes of at least 4 members (excludes halogenated alkanes) is 2. The average Bonchev–Trinajstić information content (AvgIpc) is 2.98. The second-order valence-corrected chi connectivity index (χ2v) is 9.57. The molecule has 3 amide bonds. The first-order valence-electron chi connectivity index (χ1n) is 13.6. The molecule has 3 aromatic rings. The molecule has 206 valence electrons. The Morgan fingerprint density at radius 1 is 0.923 bits per heavy atom. The van der Waals surface area contributed by atoms with Gasteiger partial charge in [-0.2, -0.15) is 0 Å². The summed E-state index contributed by atoms with van der Waals surface area (Å²) in [6.07, 6.45) is 5.21. The molecule has 0 unspecified atom stereocenters. The van der Waals surface area contributed by atoms with E-state index in [1.54, 1.807) is 18.1 Å². The Morgan fingerprint density at radius 3 is 2.38 bits per heavy atom. The van der Waals surface area contributed by atoms with Crippen molar-refractivity contribution >= 4 is 18.2 Å². The normalized spacial score (nSPS) is 11.3. The Morgan fingerprint density at radius 2 is 1.67 bits per heavy atom.